The van der Waals surface area contributed by atoms with E-state index >= 15 is 0 Å². The van der Waals surface area contributed by atoms with Crippen LogP contribution in [0.3, 0.4) is 0 Å². The highest BCUT2D eigenvalue weighted by atomic mass is 32.1. The maximum Gasteiger partial charge on any atom is 0.140 e. The van der Waals surface area contributed by atoms with Crippen molar-refractivity contribution in [2.45, 2.75) is 18.9 Å². The second-order valence-electron chi connectivity index (χ2n) is 6.00. The zero-order chi connectivity index (χ0) is 16.2. The number of anilines is 3. The number of amidine groups is 1. The van der Waals surface area contributed by atoms with E-state index in [1.165, 1.54) is 0 Å². The zero-order valence-corrected chi connectivity index (χ0v) is 14.1. The number of piperidine rings is 1. The summed E-state index contributed by atoms with van der Waals surface area (Å²) in [6, 6.07) is 10.2. The summed E-state index contributed by atoms with van der Waals surface area (Å²) >= 11 is 1.55. The molecule has 5 N–H and O–H groups in total. The van der Waals surface area contributed by atoms with Crippen molar-refractivity contribution in [3.05, 3.63) is 40.6 Å². The number of nitrogen functional groups attached to an aromatic ring is 1. The van der Waals surface area contributed by atoms with Crippen molar-refractivity contribution in [1.29, 1.82) is 5.41 Å². The molecule has 0 saturated carbocycles. The minimum atomic E-state index is 0.399. The van der Waals surface area contributed by atoms with Gasteiger partial charge < -0.3 is 21.3 Å². The van der Waals surface area contributed by atoms with Crippen LogP contribution in [0.1, 0.15) is 17.7 Å². The molecule has 0 aliphatic carbocycles. The average molecular weight is 329 g/mol. The topological polar surface area (TPSA) is 77.2 Å². The Bertz CT molecular complexity index is 660. The summed E-state index contributed by atoms with van der Waals surface area (Å²) in [6.07, 6.45) is 2.28. The Labute approximate surface area is 141 Å². The number of benzene rings is 1. The molecule has 1 aliphatic rings. The van der Waals surface area contributed by atoms with Crippen LogP contribution in [-0.2, 0) is 0 Å². The Morgan fingerprint density at radius 3 is 2.74 bits per heavy atom. The molecule has 1 aliphatic heterocycles. The number of thiophene rings is 1. The van der Waals surface area contributed by atoms with E-state index in [4.69, 9.17) is 11.1 Å². The average Bonchev–Trinajstić information content (AvgIpc) is 3.06. The van der Waals surface area contributed by atoms with Gasteiger partial charge in [0.1, 0.15) is 5.84 Å². The number of rotatable bonds is 4. The van der Waals surface area contributed by atoms with Crippen LogP contribution in [0.5, 0.6) is 0 Å². The highest BCUT2D eigenvalue weighted by molar-refractivity contribution is 7.12. The zero-order valence-electron chi connectivity index (χ0n) is 13.3. The first-order chi connectivity index (χ1) is 11.1. The first-order valence-corrected chi connectivity index (χ1v) is 8.74. The van der Waals surface area contributed by atoms with Gasteiger partial charge >= 0.3 is 0 Å². The summed E-state index contributed by atoms with van der Waals surface area (Å²) in [5.74, 6) is 0.399. The Morgan fingerprint density at radius 2 is 2.09 bits per heavy atom. The van der Waals surface area contributed by atoms with E-state index in [0.29, 0.717) is 17.6 Å². The molecule has 1 fully saturated rings. The van der Waals surface area contributed by atoms with Crippen LogP contribution in [0.4, 0.5) is 17.1 Å². The molecule has 5 nitrogen and oxygen atoms in total. The number of nitrogens with one attached hydrogen (secondary N) is 3. The molecule has 3 rings (SSSR count). The van der Waals surface area contributed by atoms with E-state index in [0.717, 1.165) is 42.2 Å². The summed E-state index contributed by atoms with van der Waals surface area (Å²) < 4.78 is 0. The molecule has 122 valence electrons. The maximum absolute atomic E-state index is 8.07. The van der Waals surface area contributed by atoms with Crippen molar-refractivity contribution in [2.75, 3.05) is 36.5 Å². The molecular formula is C17H23N5S. The monoisotopic (exact) mass is 329 g/mol. The fraction of sp³-hybridized carbons (Fsp3) is 0.353. The molecule has 0 radical (unpaired) electrons. The molecule has 1 aromatic carbocycles. The Kier molecular flexibility index (Phi) is 4.83. The molecule has 0 bridgehead atoms. The van der Waals surface area contributed by atoms with E-state index in [1.54, 1.807) is 11.3 Å². The highest BCUT2D eigenvalue weighted by Crippen LogP contribution is 2.26. The lowest BCUT2D eigenvalue weighted by atomic mass is 10.0. The van der Waals surface area contributed by atoms with Gasteiger partial charge in [0.15, 0.2) is 0 Å². The molecular weight excluding hydrogens is 306 g/mol. The van der Waals surface area contributed by atoms with Gasteiger partial charge in [-0.05, 0) is 62.6 Å². The van der Waals surface area contributed by atoms with Gasteiger partial charge in [-0.25, -0.2) is 0 Å². The third-order valence-corrected chi connectivity index (χ3v) is 5.05. The molecule has 0 atom stereocenters. The smallest absolute Gasteiger partial charge is 0.140 e. The summed E-state index contributed by atoms with van der Waals surface area (Å²) in [6.45, 7) is 2.24. The largest absolute Gasteiger partial charge is 0.397 e. The van der Waals surface area contributed by atoms with Crippen molar-refractivity contribution >= 4 is 34.2 Å². The van der Waals surface area contributed by atoms with Crippen molar-refractivity contribution in [3.63, 3.8) is 0 Å². The van der Waals surface area contributed by atoms with Gasteiger partial charge in [-0.3, -0.25) is 5.41 Å². The van der Waals surface area contributed by atoms with E-state index in [1.807, 2.05) is 35.7 Å². The van der Waals surface area contributed by atoms with Crippen LogP contribution >= 0.6 is 11.3 Å². The Hall–Kier alpha value is -2.05. The lowest BCUT2D eigenvalue weighted by molar-refractivity contribution is 0.264. The van der Waals surface area contributed by atoms with Gasteiger partial charge in [0.05, 0.1) is 16.3 Å². The number of likely N-dealkylation sites (tertiary alicyclic amines) is 1. The number of hydrogen-bond donors (Lipinski definition) is 4. The van der Waals surface area contributed by atoms with Crippen molar-refractivity contribution in [1.82, 2.24) is 4.90 Å². The second kappa shape index (κ2) is 7.02. The summed E-state index contributed by atoms with van der Waals surface area (Å²) in [4.78, 5) is 3.27. The van der Waals surface area contributed by atoms with E-state index < -0.39 is 0 Å². The molecule has 2 heterocycles. The molecule has 0 unspecified atom stereocenters. The molecule has 23 heavy (non-hydrogen) atoms. The Morgan fingerprint density at radius 1 is 1.30 bits per heavy atom. The highest BCUT2D eigenvalue weighted by Gasteiger charge is 2.17. The van der Waals surface area contributed by atoms with Gasteiger partial charge in [0, 0.05) is 11.7 Å². The fourth-order valence-corrected chi connectivity index (χ4v) is 3.40. The van der Waals surface area contributed by atoms with Crippen LogP contribution in [0.15, 0.2) is 35.7 Å². The molecule has 1 aromatic heterocycles. The summed E-state index contributed by atoms with van der Waals surface area (Å²) in [5, 5.41) is 16.7. The third-order valence-electron chi connectivity index (χ3n) is 4.17. The number of hydrogen-bond acceptors (Lipinski definition) is 5. The van der Waals surface area contributed by atoms with Gasteiger partial charge in [0.25, 0.3) is 0 Å². The van der Waals surface area contributed by atoms with Gasteiger partial charge in [0.2, 0.25) is 0 Å². The molecule has 1 saturated heterocycles. The maximum atomic E-state index is 8.07. The standard InChI is InChI=1S/C17H23N5S/c1-22-8-6-12(7-9-22)20-15-5-4-13(11-14(15)18)21-17(19)16-3-2-10-23-16/h2-5,10-12,20H,6-9,18H2,1H3,(H2,19,21). The molecule has 2 aromatic rings. The molecule has 0 amide bonds. The van der Waals surface area contributed by atoms with Gasteiger partial charge in [-0.2, -0.15) is 0 Å². The summed E-state index contributed by atoms with van der Waals surface area (Å²) in [7, 11) is 2.16. The number of nitrogens with zero attached hydrogens (tertiary/aromatic N) is 1. The van der Waals surface area contributed by atoms with E-state index in [2.05, 4.69) is 22.6 Å². The molecule has 0 spiro atoms. The third kappa shape index (κ3) is 4.03. The predicted molar refractivity (Wildman–Crippen MR) is 99.8 cm³/mol. The van der Waals surface area contributed by atoms with E-state index in [-0.39, 0.29) is 0 Å². The Balaban J connectivity index is 1.62. The predicted octanol–water partition coefficient (Wildman–Crippen LogP) is 3.27. The first kappa shape index (κ1) is 15.8. The fourth-order valence-electron chi connectivity index (χ4n) is 2.77. The van der Waals surface area contributed by atoms with Crippen molar-refractivity contribution in [3.8, 4) is 0 Å². The quantitative estimate of drug-likeness (QED) is 0.394. The summed E-state index contributed by atoms with van der Waals surface area (Å²) in [5.41, 5.74) is 8.72. The van der Waals surface area contributed by atoms with Gasteiger partial charge in [-0.15, -0.1) is 11.3 Å². The van der Waals surface area contributed by atoms with Crippen LogP contribution < -0.4 is 16.4 Å². The van der Waals surface area contributed by atoms with Crippen LogP contribution in [0, 0.1) is 5.41 Å². The van der Waals surface area contributed by atoms with Crippen LogP contribution in [0.25, 0.3) is 0 Å². The van der Waals surface area contributed by atoms with Crippen molar-refractivity contribution in [2.24, 2.45) is 0 Å². The normalized spacial score (nSPS) is 16.2. The van der Waals surface area contributed by atoms with Crippen LogP contribution in [0.2, 0.25) is 0 Å². The van der Waals surface area contributed by atoms with Crippen molar-refractivity contribution < 1.29 is 0 Å². The minimum Gasteiger partial charge on any atom is -0.397 e. The lowest BCUT2D eigenvalue weighted by Crippen LogP contribution is -2.36. The van der Waals surface area contributed by atoms with Gasteiger partial charge in [-0.1, -0.05) is 6.07 Å². The van der Waals surface area contributed by atoms with Crippen LogP contribution in [-0.4, -0.2) is 36.9 Å². The lowest BCUT2D eigenvalue weighted by Gasteiger charge is -2.30. The minimum absolute atomic E-state index is 0.399. The second-order valence-corrected chi connectivity index (χ2v) is 6.95. The SMILES string of the molecule is CN1CCC(Nc2ccc(NC(=N)c3cccs3)cc2N)CC1. The van der Waals surface area contributed by atoms with E-state index in [9.17, 15) is 0 Å². The molecule has 6 heteroatoms. The first-order valence-electron chi connectivity index (χ1n) is 7.86. The number of nitrogens with two attached hydrogens (primary N) is 1.